The van der Waals surface area contributed by atoms with Crippen molar-refractivity contribution in [1.29, 1.82) is 0 Å². The monoisotopic (exact) mass is 115 g/mol. The highest BCUT2D eigenvalue weighted by Gasteiger charge is 2.27. The second-order valence-electron chi connectivity index (χ2n) is 0.757. The summed E-state index contributed by atoms with van der Waals surface area (Å²) >= 11 is 0. The van der Waals surface area contributed by atoms with Gasteiger partial charge in [0.1, 0.15) is 6.73 Å². The first-order valence-corrected chi connectivity index (χ1v) is 1.47. The molecule has 0 radical (unpaired) electrons. The lowest BCUT2D eigenvalue weighted by Crippen LogP contribution is -2.18. The summed E-state index contributed by atoms with van der Waals surface area (Å²) in [6, 6.07) is 0. The van der Waals surface area contributed by atoms with E-state index in [0.717, 1.165) is 0 Å². The van der Waals surface area contributed by atoms with Gasteiger partial charge in [0.2, 0.25) is 0 Å². The van der Waals surface area contributed by atoms with Crippen LogP contribution in [0.4, 0.5) is 13.2 Å². The van der Waals surface area contributed by atoms with E-state index in [2.05, 4.69) is 10.5 Å². The Bertz CT molecular complexity index is 51.4. The van der Waals surface area contributed by atoms with Gasteiger partial charge in [0.15, 0.2) is 0 Å². The maximum absolute atomic E-state index is 10.8. The standard InChI is InChI=1S/C2H4F3NO/c3-2(4,5)7-1-6/h1,6H2. The molecule has 0 saturated heterocycles. The lowest BCUT2D eigenvalue weighted by molar-refractivity contribution is -0.323. The van der Waals surface area contributed by atoms with E-state index in [1.54, 1.807) is 0 Å². The van der Waals surface area contributed by atoms with Crippen molar-refractivity contribution in [3.8, 4) is 0 Å². The van der Waals surface area contributed by atoms with Gasteiger partial charge in [0.05, 0.1) is 0 Å². The lowest BCUT2D eigenvalue weighted by Gasteiger charge is -2.01. The molecule has 0 atom stereocenters. The molecule has 2 N–H and O–H groups in total. The van der Waals surface area contributed by atoms with Gasteiger partial charge in [-0.3, -0.25) is 4.74 Å². The van der Waals surface area contributed by atoms with Crippen molar-refractivity contribution in [1.82, 2.24) is 0 Å². The zero-order chi connectivity index (χ0) is 5.91. The van der Waals surface area contributed by atoms with Gasteiger partial charge in [-0.1, -0.05) is 0 Å². The van der Waals surface area contributed by atoms with Gasteiger partial charge in [-0.25, -0.2) is 0 Å². The molecule has 0 aliphatic heterocycles. The molecule has 2 nitrogen and oxygen atoms in total. The lowest BCUT2D eigenvalue weighted by atomic mass is 11.2. The van der Waals surface area contributed by atoms with E-state index in [1.165, 1.54) is 0 Å². The molecular formula is C2H4F3NO. The van der Waals surface area contributed by atoms with E-state index >= 15 is 0 Å². The van der Waals surface area contributed by atoms with Gasteiger partial charge in [0, 0.05) is 0 Å². The van der Waals surface area contributed by atoms with Crippen LogP contribution in [-0.4, -0.2) is 13.1 Å². The fourth-order valence-corrected chi connectivity index (χ4v) is 0.0945. The number of hydrogen-bond acceptors (Lipinski definition) is 2. The molecule has 0 aliphatic carbocycles. The molecule has 5 heteroatoms. The summed E-state index contributed by atoms with van der Waals surface area (Å²) in [5, 5.41) is 0. The summed E-state index contributed by atoms with van der Waals surface area (Å²) < 4.78 is 35.3. The van der Waals surface area contributed by atoms with Crippen molar-refractivity contribution >= 4 is 0 Å². The number of ether oxygens (including phenoxy) is 1. The van der Waals surface area contributed by atoms with E-state index < -0.39 is 13.1 Å². The van der Waals surface area contributed by atoms with Gasteiger partial charge < -0.3 is 5.73 Å². The Kier molecular flexibility index (Phi) is 2.04. The van der Waals surface area contributed by atoms with E-state index in [0.29, 0.717) is 0 Å². The van der Waals surface area contributed by atoms with Crippen LogP contribution in [0.5, 0.6) is 0 Å². The maximum atomic E-state index is 10.8. The van der Waals surface area contributed by atoms with E-state index in [1.807, 2.05) is 0 Å². The average Bonchev–Trinajstić information content (AvgIpc) is 1.30. The van der Waals surface area contributed by atoms with Crippen LogP contribution in [0.25, 0.3) is 0 Å². The number of halogens is 3. The van der Waals surface area contributed by atoms with Gasteiger partial charge in [-0.05, 0) is 0 Å². The fourth-order valence-electron chi connectivity index (χ4n) is 0.0945. The van der Waals surface area contributed by atoms with Crippen molar-refractivity contribution in [2.75, 3.05) is 6.73 Å². The van der Waals surface area contributed by atoms with Crippen LogP contribution in [-0.2, 0) is 4.74 Å². The molecule has 0 aromatic heterocycles. The Morgan fingerprint density at radius 1 is 1.43 bits per heavy atom. The van der Waals surface area contributed by atoms with Gasteiger partial charge in [0.25, 0.3) is 0 Å². The minimum absolute atomic E-state index is 0.816. The molecule has 0 amide bonds. The first-order chi connectivity index (χ1) is 3.06. The summed E-state index contributed by atoms with van der Waals surface area (Å²) in [5.74, 6) is 0. The fraction of sp³-hybridized carbons (Fsp3) is 1.00. The second kappa shape index (κ2) is 2.13. The zero-order valence-corrected chi connectivity index (χ0v) is 3.33. The number of hydrogen-bond donors (Lipinski definition) is 1. The molecule has 0 heterocycles. The molecule has 7 heavy (non-hydrogen) atoms. The largest absolute Gasteiger partial charge is 0.523 e. The molecule has 0 bridgehead atoms. The SMILES string of the molecule is NCOC(F)(F)F. The predicted molar refractivity (Wildman–Crippen MR) is 16.2 cm³/mol. The van der Waals surface area contributed by atoms with E-state index in [9.17, 15) is 13.2 Å². The summed E-state index contributed by atoms with van der Waals surface area (Å²) in [5.41, 5.74) is 4.37. The molecule has 44 valence electrons. The Morgan fingerprint density at radius 2 is 1.86 bits per heavy atom. The Labute approximate surface area is 38.1 Å². The van der Waals surface area contributed by atoms with Crippen molar-refractivity contribution in [2.24, 2.45) is 5.73 Å². The average molecular weight is 115 g/mol. The molecule has 0 rings (SSSR count). The number of nitrogens with two attached hydrogens (primary N) is 1. The van der Waals surface area contributed by atoms with Crippen LogP contribution in [0.1, 0.15) is 0 Å². The quantitative estimate of drug-likeness (QED) is 0.503. The Balaban J connectivity index is 3.15. The highest BCUT2D eigenvalue weighted by atomic mass is 19.4. The van der Waals surface area contributed by atoms with Crippen molar-refractivity contribution < 1.29 is 17.9 Å². The predicted octanol–water partition coefficient (Wildman–Crippen LogP) is 0.439. The smallest absolute Gasteiger partial charge is 0.308 e. The van der Waals surface area contributed by atoms with Crippen LogP contribution in [0, 0.1) is 0 Å². The highest BCUT2D eigenvalue weighted by Crippen LogP contribution is 2.14. The Morgan fingerprint density at radius 3 is 1.86 bits per heavy atom. The first kappa shape index (κ1) is 6.71. The minimum Gasteiger partial charge on any atom is -0.308 e. The van der Waals surface area contributed by atoms with Crippen molar-refractivity contribution in [2.45, 2.75) is 6.36 Å². The number of alkyl halides is 3. The molecule has 0 aromatic carbocycles. The highest BCUT2D eigenvalue weighted by molar-refractivity contribution is 4.20. The topological polar surface area (TPSA) is 35.2 Å². The normalized spacial score (nSPS) is 12.0. The molecule has 0 unspecified atom stereocenters. The summed E-state index contributed by atoms with van der Waals surface area (Å²) in [6.45, 7) is -0.816. The summed E-state index contributed by atoms with van der Waals surface area (Å²) in [7, 11) is 0. The molecule has 0 aliphatic rings. The molecule has 0 saturated carbocycles. The van der Waals surface area contributed by atoms with Crippen molar-refractivity contribution in [3.63, 3.8) is 0 Å². The van der Waals surface area contributed by atoms with Crippen LogP contribution in [0.2, 0.25) is 0 Å². The third kappa shape index (κ3) is 5.71. The zero-order valence-electron chi connectivity index (χ0n) is 3.33. The third-order valence-electron chi connectivity index (χ3n) is 0.247. The summed E-state index contributed by atoms with van der Waals surface area (Å²) in [4.78, 5) is 0. The van der Waals surface area contributed by atoms with Crippen molar-refractivity contribution in [3.05, 3.63) is 0 Å². The van der Waals surface area contributed by atoms with Gasteiger partial charge in [-0.15, -0.1) is 13.2 Å². The van der Waals surface area contributed by atoms with Crippen LogP contribution < -0.4 is 5.73 Å². The van der Waals surface area contributed by atoms with Gasteiger partial charge in [-0.2, -0.15) is 0 Å². The first-order valence-electron chi connectivity index (χ1n) is 1.47. The molecule has 0 spiro atoms. The minimum atomic E-state index is -4.57. The van der Waals surface area contributed by atoms with Crippen LogP contribution >= 0.6 is 0 Å². The Hall–Kier alpha value is -0.290. The van der Waals surface area contributed by atoms with Crippen LogP contribution in [0.15, 0.2) is 0 Å². The van der Waals surface area contributed by atoms with Crippen LogP contribution in [0.3, 0.4) is 0 Å². The molecule has 0 fully saturated rings. The maximum Gasteiger partial charge on any atom is 0.523 e. The third-order valence-corrected chi connectivity index (χ3v) is 0.247. The molecule has 0 aromatic rings. The van der Waals surface area contributed by atoms with E-state index in [-0.39, 0.29) is 0 Å². The van der Waals surface area contributed by atoms with E-state index in [4.69, 9.17) is 0 Å². The number of rotatable bonds is 1. The van der Waals surface area contributed by atoms with Gasteiger partial charge >= 0.3 is 6.36 Å². The molecular weight excluding hydrogens is 111 g/mol. The second-order valence-corrected chi connectivity index (χ2v) is 0.757. The summed E-state index contributed by atoms with van der Waals surface area (Å²) in [6.07, 6.45) is -4.57.